The third-order valence-corrected chi connectivity index (χ3v) is 0.447. The van der Waals surface area contributed by atoms with Crippen LogP contribution in [0.5, 0.6) is 0 Å². The summed E-state index contributed by atoms with van der Waals surface area (Å²) in [5.74, 6) is 0. The Hall–Kier alpha value is -0.0251. The molecule has 5 heavy (non-hydrogen) atoms. The third-order valence-electron chi connectivity index (χ3n) is 0.149. The Balaban J connectivity index is 3.23. The molecule has 0 aromatic carbocycles. The van der Waals surface area contributed by atoms with Crippen molar-refractivity contribution in [3.8, 4) is 0 Å². The van der Waals surface area contributed by atoms with Crippen LogP contribution in [-0.2, 0) is 10.6 Å². The van der Waals surface area contributed by atoms with E-state index in [-0.39, 0.29) is 6.69 Å². The van der Waals surface area contributed by atoms with Crippen LogP contribution >= 0.6 is 0 Å². The molecule has 0 aliphatic heterocycles. The molecule has 0 aromatic heterocycles. The lowest BCUT2D eigenvalue weighted by molar-refractivity contribution is 0.625. The third kappa shape index (κ3) is 3.97. The van der Waals surface area contributed by atoms with Crippen molar-refractivity contribution >= 4 is 17.2 Å². The Labute approximate surface area is 32.3 Å². The molecule has 30 valence electrons. The normalized spacial score (nSPS) is 8.40. The molecule has 0 bridgehead atoms. The van der Waals surface area contributed by atoms with Gasteiger partial charge < -0.3 is 5.64 Å². The van der Waals surface area contributed by atoms with Crippen LogP contribution in [0.1, 0.15) is 0 Å². The van der Waals surface area contributed by atoms with E-state index in [0.29, 0.717) is 0 Å². The van der Waals surface area contributed by atoms with Crippen LogP contribution < -0.4 is 5.64 Å². The van der Waals surface area contributed by atoms with E-state index in [4.69, 9.17) is 0 Å². The first-order valence-corrected chi connectivity index (χ1v) is 2.45. The molecule has 0 saturated heterocycles. The molecule has 0 spiro atoms. The number of hydrogen-bond acceptors (Lipinski definition) is 3. The van der Waals surface area contributed by atoms with Crippen LogP contribution in [0.3, 0.4) is 0 Å². The van der Waals surface area contributed by atoms with Crippen LogP contribution in [0.4, 0.5) is 0 Å². The lowest BCUT2D eigenvalue weighted by atomic mass is 10.5. The highest BCUT2D eigenvalue weighted by Gasteiger charge is 1.73. The van der Waals surface area contributed by atoms with Crippen LogP contribution in [0.2, 0.25) is 0 Å². The fraction of sp³-hybridized carbons (Fsp3) is 0. The first-order chi connectivity index (χ1) is 2.27. The van der Waals surface area contributed by atoms with Gasteiger partial charge in [0.15, 0.2) is 0 Å². The Bertz CT molecular complexity index is 67.7. The molecule has 0 aliphatic rings. The lowest BCUT2D eigenvalue weighted by Crippen LogP contribution is -2.04. The summed E-state index contributed by atoms with van der Waals surface area (Å²) in [5.41, 5.74) is 4.58. The molecule has 0 fully saturated rings. The van der Waals surface area contributed by atoms with E-state index < -0.39 is 10.6 Å². The van der Waals surface area contributed by atoms with Gasteiger partial charge in [-0.15, -0.1) is 0 Å². The highest BCUT2D eigenvalue weighted by atomic mass is 32.2. The fourth-order valence-electron chi connectivity index (χ4n) is 0. The molecule has 0 atom stereocenters. The van der Waals surface area contributed by atoms with E-state index in [1.807, 2.05) is 0 Å². The Morgan fingerprint density at radius 2 is 1.80 bits per heavy atom. The van der Waals surface area contributed by atoms with E-state index in [2.05, 4.69) is 5.64 Å². The number of rotatable bonds is 1. The molecule has 5 heteroatoms. The largest absolute Gasteiger partial charge is 0.359 e. The summed E-state index contributed by atoms with van der Waals surface area (Å²) in [6.45, 7) is -0.241. The van der Waals surface area contributed by atoms with E-state index in [1.54, 1.807) is 0 Å². The summed E-state index contributed by atoms with van der Waals surface area (Å²) >= 11 is 0. The smallest absolute Gasteiger partial charge is 0.345 e. The maximum Gasteiger partial charge on any atom is 0.345 e. The van der Waals surface area contributed by atoms with Gasteiger partial charge in [0.25, 0.3) is 0 Å². The maximum atomic E-state index is 9.28. The zero-order valence-electron chi connectivity index (χ0n) is 2.55. The Morgan fingerprint density at radius 1 is 1.60 bits per heavy atom. The molecular formula is H4BNO2S. The Kier molecular flexibility index (Phi) is 2.22. The topological polar surface area (TPSA) is 60.2 Å². The zero-order valence-corrected chi connectivity index (χ0v) is 3.44. The van der Waals surface area contributed by atoms with Crippen LogP contribution in [0, 0.1) is 0 Å². The van der Waals surface area contributed by atoms with Crippen LogP contribution in [0.25, 0.3) is 0 Å². The van der Waals surface area contributed by atoms with E-state index in [0.717, 1.165) is 0 Å². The van der Waals surface area contributed by atoms with Crippen molar-refractivity contribution in [2.75, 3.05) is 0 Å². The van der Waals surface area contributed by atoms with Crippen molar-refractivity contribution in [1.82, 2.24) is 0 Å². The summed E-state index contributed by atoms with van der Waals surface area (Å²) in [6.07, 6.45) is 0. The van der Waals surface area contributed by atoms with Crippen LogP contribution in [0.15, 0.2) is 0 Å². The van der Waals surface area contributed by atoms with Gasteiger partial charge in [0.05, 0.1) is 0 Å². The summed E-state index contributed by atoms with van der Waals surface area (Å²) in [5, 5.41) is 0. The van der Waals surface area contributed by atoms with Crippen molar-refractivity contribution in [3.05, 3.63) is 0 Å². The molecule has 2 N–H and O–H groups in total. The Morgan fingerprint density at radius 3 is 1.80 bits per heavy atom. The van der Waals surface area contributed by atoms with E-state index >= 15 is 0 Å². The predicted octanol–water partition coefficient (Wildman–Crippen LogP) is -2.18. The standard InChI is InChI=1S/BH4NO2S/c2-1-5(3)4/h1,5H,2H2. The van der Waals surface area contributed by atoms with Crippen LogP contribution in [-0.4, -0.2) is 15.1 Å². The van der Waals surface area contributed by atoms with Crippen molar-refractivity contribution < 1.29 is 8.42 Å². The van der Waals surface area contributed by atoms with Gasteiger partial charge >= 0.3 is 6.69 Å². The molecule has 3 nitrogen and oxygen atoms in total. The molecule has 0 radical (unpaired) electrons. The van der Waals surface area contributed by atoms with E-state index in [9.17, 15) is 8.42 Å². The molecule has 0 saturated carbocycles. The van der Waals surface area contributed by atoms with Gasteiger partial charge in [0, 0.05) is 0 Å². The van der Waals surface area contributed by atoms with Gasteiger partial charge in [-0.2, -0.15) is 0 Å². The van der Waals surface area contributed by atoms with Crippen molar-refractivity contribution in [3.63, 3.8) is 0 Å². The molecule has 0 heterocycles. The molecule has 0 unspecified atom stereocenters. The average molecular weight is 92.9 g/mol. The van der Waals surface area contributed by atoms with Gasteiger partial charge in [-0.25, -0.2) is 8.42 Å². The zero-order chi connectivity index (χ0) is 4.28. The SMILES string of the molecule is NB[SH](=O)=O. The minimum atomic E-state index is -2.32. The lowest BCUT2D eigenvalue weighted by Gasteiger charge is -1.57. The average Bonchev–Trinajstić information content (AvgIpc) is 1.38. The van der Waals surface area contributed by atoms with Gasteiger partial charge in [0.2, 0.25) is 0 Å². The second-order valence-electron chi connectivity index (χ2n) is 0.515. The summed E-state index contributed by atoms with van der Waals surface area (Å²) in [6, 6.07) is 0. The van der Waals surface area contributed by atoms with Crippen molar-refractivity contribution in [1.29, 1.82) is 0 Å². The molecule has 0 amide bonds. The molecule has 0 aliphatic carbocycles. The van der Waals surface area contributed by atoms with Gasteiger partial charge in [-0.1, -0.05) is 0 Å². The highest BCUT2D eigenvalue weighted by Crippen LogP contribution is 1.35. The monoisotopic (exact) mass is 93.0 g/mol. The summed E-state index contributed by atoms with van der Waals surface area (Å²) in [4.78, 5) is 0. The first kappa shape index (κ1) is 4.97. The maximum absolute atomic E-state index is 9.28. The predicted molar refractivity (Wildman–Crippen MR) is 21.7 cm³/mol. The van der Waals surface area contributed by atoms with Crippen molar-refractivity contribution in [2.24, 2.45) is 5.64 Å². The quantitative estimate of drug-likeness (QED) is 0.286. The highest BCUT2D eigenvalue weighted by molar-refractivity contribution is 7.99. The minimum absolute atomic E-state index is 0.241. The molecule has 0 aromatic rings. The molecular weight excluding hydrogens is 88.9 g/mol. The minimum Gasteiger partial charge on any atom is -0.359 e. The van der Waals surface area contributed by atoms with Gasteiger partial charge in [-0.05, 0) is 0 Å². The fourth-order valence-corrected chi connectivity index (χ4v) is 0. The van der Waals surface area contributed by atoms with E-state index in [1.165, 1.54) is 0 Å². The van der Waals surface area contributed by atoms with Crippen molar-refractivity contribution in [2.45, 2.75) is 0 Å². The van der Waals surface area contributed by atoms with Gasteiger partial charge in [0.1, 0.15) is 10.6 Å². The molecule has 0 rings (SSSR count). The number of hydrogen-bond donors (Lipinski definition) is 2. The summed E-state index contributed by atoms with van der Waals surface area (Å²) in [7, 11) is -2.32. The van der Waals surface area contributed by atoms with Gasteiger partial charge in [-0.3, -0.25) is 0 Å². The second-order valence-corrected chi connectivity index (χ2v) is 1.55. The summed E-state index contributed by atoms with van der Waals surface area (Å²) < 4.78 is 18.6. The second kappa shape index (κ2) is 2.23. The number of thiol groups is 1. The first-order valence-electron chi connectivity index (χ1n) is 1.09. The number of nitrogens with two attached hydrogens (primary N) is 1.